The van der Waals surface area contributed by atoms with Crippen LogP contribution in [0.25, 0.3) is 0 Å². The van der Waals surface area contributed by atoms with Crippen LogP contribution >= 0.6 is 0 Å². The van der Waals surface area contributed by atoms with Crippen molar-refractivity contribution in [2.24, 2.45) is 0 Å². The monoisotopic (exact) mass is 523 g/mol. The van der Waals surface area contributed by atoms with Gasteiger partial charge in [0.2, 0.25) is 0 Å². The molecule has 3 fully saturated rings. The van der Waals surface area contributed by atoms with Crippen LogP contribution in [0.3, 0.4) is 0 Å². The van der Waals surface area contributed by atoms with Gasteiger partial charge in [-0.15, -0.1) is 32.8 Å². The van der Waals surface area contributed by atoms with Crippen LogP contribution < -0.4 is 4.74 Å². The lowest BCUT2D eigenvalue weighted by Crippen LogP contribution is -2.20. The Morgan fingerprint density at radius 3 is 1.45 bits per heavy atom. The second-order valence-corrected chi connectivity index (χ2v) is 12.4. The Balaban J connectivity index is 1.66. The standard InChI is InChI=1S/C23H14B18N2O/c24-33-18-21(36-27,39(18)30)6-11-3-13(7-22(37-28)19(34-25)40(22)31)17(44-16-2-1-12(9-42)15(5-16)10-43)14(4-11)8-23(38-29)20(35-26)41(23)32/h1-5,18-20H,6-8H2/i33-1,34-1,35-1,36-1,37-1,38-1,39-1,40-1,41-1. The molecule has 3 heterocycles. The molecule has 2 aromatic carbocycles. The highest BCUT2D eigenvalue weighted by Crippen LogP contribution is 2.65. The zero-order chi connectivity index (χ0) is 32.0. The smallest absolute Gasteiger partial charge is 0.133 e. The number of hydrogen-bond acceptors (Lipinski definition) is 3. The van der Waals surface area contributed by atoms with Crippen LogP contribution in [-0.4, -0.2) is 132 Å². The lowest BCUT2D eigenvalue weighted by Gasteiger charge is -2.27. The first kappa shape index (κ1) is 33.7. The molecule has 2 aromatic rings. The fourth-order valence-electron chi connectivity index (χ4n) is 7.24. The molecule has 3 saturated heterocycles. The summed E-state index contributed by atoms with van der Waals surface area (Å²) in [5, 5.41) is 17.4. The van der Waals surface area contributed by atoms with E-state index in [1.54, 1.807) is 55.2 Å². The van der Waals surface area contributed by atoms with Crippen molar-refractivity contribution in [3.05, 3.63) is 58.1 Å². The highest BCUT2D eigenvalue weighted by Gasteiger charge is 2.61. The molecule has 44 heavy (non-hydrogen) atoms. The third-order valence-electron chi connectivity index (χ3n) is 10.4. The van der Waals surface area contributed by atoms with Crippen molar-refractivity contribution in [3.8, 4) is 23.6 Å². The van der Waals surface area contributed by atoms with E-state index >= 15 is 0 Å². The maximum absolute atomic E-state index is 9.66. The van der Waals surface area contributed by atoms with Crippen molar-refractivity contribution in [2.75, 3.05) is 0 Å². The Hall–Kier alpha value is -1.61. The van der Waals surface area contributed by atoms with E-state index in [1.807, 2.05) is 18.2 Å². The summed E-state index contributed by atoms with van der Waals surface area (Å²) in [7, 11) is 65.4. The third kappa shape index (κ3) is 5.43. The number of benzene rings is 2. The van der Waals surface area contributed by atoms with E-state index in [0.29, 0.717) is 30.8 Å². The average Bonchev–Trinajstić information content (AvgIpc) is 3.95. The minimum absolute atomic E-state index is 0.0769. The number of rotatable bonds is 14. The highest BCUT2D eigenvalue weighted by molar-refractivity contribution is 7.30. The fraction of sp³-hybridized carbons (Fsp3) is 0.391. The fourth-order valence-corrected chi connectivity index (χ4v) is 7.24. The van der Waals surface area contributed by atoms with E-state index in [0.717, 1.165) is 16.7 Å². The van der Waals surface area contributed by atoms with Crippen molar-refractivity contribution in [2.45, 2.75) is 52.1 Å². The first-order valence-corrected chi connectivity index (χ1v) is 14.5. The summed E-state index contributed by atoms with van der Waals surface area (Å²) in [5.74, 6) is 0.924. The molecule has 3 aliphatic rings. The van der Waals surface area contributed by atoms with E-state index in [1.165, 1.54) is 6.07 Å². The Labute approximate surface area is 280 Å². The van der Waals surface area contributed by atoms with Crippen LogP contribution in [0, 0.1) is 22.7 Å². The van der Waals surface area contributed by atoms with Gasteiger partial charge in [-0.3, -0.25) is 0 Å². The van der Waals surface area contributed by atoms with Gasteiger partial charge in [-0.25, -0.2) is 0 Å². The minimum atomic E-state index is -0.603. The lowest BCUT2D eigenvalue weighted by molar-refractivity contribution is 0.467. The zero-order valence-corrected chi connectivity index (χ0v) is 24.4. The Bertz CT molecular complexity index is 1450. The van der Waals surface area contributed by atoms with Crippen LogP contribution in [0.1, 0.15) is 27.8 Å². The van der Waals surface area contributed by atoms with Crippen LogP contribution in [0.2, 0.25) is 32.8 Å². The molecule has 0 aliphatic carbocycles. The van der Waals surface area contributed by atoms with E-state index < -0.39 is 15.6 Å². The molecule has 5 rings (SSSR count). The second kappa shape index (κ2) is 12.9. The molecule has 3 nitrogen and oxygen atoms in total. The Kier molecular flexibility index (Phi) is 9.88. The molecular formula is C23H14B18N2O. The summed E-state index contributed by atoms with van der Waals surface area (Å²) in [5.41, 5.74) is 2.66. The molecule has 3 aliphatic heterocycles. The van der Waals surface area contributed by atoms with Crippen LogP contribution in [-0.2, 0) is 19.3 Å². The number of ether oxygens (including phenoxy) is 1. The van der Waals surface area contributed by atoms with Crippen LogP contribution in [0.5, 0.6) is 11.5 Å². The molecule has 6 unspecified atom stereocenters. The number of hydrogen-bond donors (Lipinski definition) is 0. The average molecular weight is 522 g/mol. The maximum Gasteiger partial charge on any atom is 0.133 e. The molecule has 0 aromatic heterocycles. The third-order valence-corrected chi connectivity index (χ3v) is 10.4. The van der Waals surface area contributed by atoms with Crippen molar-refractivity contribution in [3.63, 3.8) is 0 Å². The molecule has 0 amide bonds. The predicted molar refractivity (Wildman–Crippen MR) is 196 cm³/mol. The quantitative estimate of drug-likeness (QED) is 0.275. The van der Waals surface area contributed by atoms with E-state index in [9.17, 15) is 10.5 Å². The maximum atomic E-state index is 9.66. The summed E-state index contributed by atoms with van der Waals surface area (Å²) in [4.78, 5) is 0. The zero-order valence-electron chi connectivity index (χ0n) is 24.4. The summed E-state index contributed by atoms with van der Waals surface area (Å²) in [6.45, 7) is -0.797. The SMILES string of the molecule is [B][10B]C1[10B]([B])C1([10B][B])Cc1cc(CC2([10B][B])[10B]([B])C2[10B][B])c(Oc2ccc(C#N)c(C#N)c2)c(CC2([10B][B])[10B]([B])C2[10B][B])c1. The number of nitriles is 2. The topological polar surface area (TPSA) is 56.8 Å². The molecule has 0 bridgehead atoms. The minimum Gasteiger partial charge on any atom is -0.457 e. The summed E-state index contributed by atoms with van der Waals surface area (Å²) >= 11 is 0. The Morgan fingerprint density at radius 2 is 1.09 bits per heavy atom. The first-order valence-electron chi connectivity index (χ1n) is 14.5. The molecular weight excluding hydrogens is 508 g/mol. The van der Waals surface area contributed by atoms with Gasteiger partial charge in [0.05, 0.1) is 52.4 Å². The summed E-state index contributed by atoms with van der Waals surface area (Å²) in [6.07, 6.45) is 1.35. The predicted octanol–water partition coefficient (Wildman–Crippen LogP) is -1.83. The normalized spacial score (nSPS) is 29.4. The van der Waals surface area contributed by atoms with Gasteiger partial charge in [-0.1, -0.05) is 12.1 Å². The van der Waals surface area contributed by atoms with Gasteiger partial charge in [0.15, 0.2) is 0 Å². The van der Waals surface area contributed by atoms with Crippen LogP contribution in [0.4, 0.5) is 0 Å². The van der Waals surface area contributed by atoms with E-state index in [2.05, 4.69) is 6.07 Å². The number of nitrogens with zero attached hydrogens (tertiary/aromatic N) is 2. The van der Waals surface area contributed by atoms with Gasteiger partial charge in [-0.05, 0) is 54.2 Å². The highest BCUT2D eigenvalue weighted by atomic mass is 16.5. The molecule has 0 N–H and O–H groups in total. The second-order valence-electron chi connectivity index (χ2n) is 12.4. The van der Waals surface area contributed by atoms with Gasteiger partial charge in [-0.2, -0.15) is 10.5 Å². The van der Waals surface area contributed by atoms with Crippen LogP contribution in [0.15, 0.2) is 30.3 Å². The van der Waals surface area contributed by atoms with Gasteiger partial charge in [0, 0.05) is 91.1 Å². The van der Waals surface area contributed by atoms with Gasteiger partial charge in [0.1, 0.15) is 23.6 Å². The van der Waals surface area contributed by atoms with E-state index in [4.69, 9.17) is 74.4 Å². The molecule has 0 spiro atoms. The molecule has 0 saturated carbocycles. The van der Waals surface area contributed by atoms with Crippen molar-refractivity contribution in [1.82, 2.24) is 0 Å². The summed E-state index contributed by atoms with van der Waals surface area (Å²) in [6, 6.07) is 12.9. The van der Waals surface area contributed by atoms with Crippen molar-refractivity contribution in [1.29, 1.82) is 10.5 Å². The first-order chi connectivity index (χ1) is 21.1. The molecule has 24 radical (unpaired) electrons. The van der Waals surface area contributed by atoms with Gasteiger partial charge in [0.25, 0.3) is 0 Å². The molecule has 6 atom stereocenters. The largest absolute Gasteiger partial charge is 0.457 e. The Morgan fingerprint density at radius 1 is 0.659 bits per heavy atom. The summed E-state index contributed by atoms with van der Waals surface area (Å²) < 4.78 is 6.60. The van der Waals surface area contributed by atoms with Gasteiger partial charge >= 0.3 is 0 Å². The molecule has 21 heteroatoms. The van der Waals surface area contributed by atoms with Crippen molar-refractivity contribution < 1.29 is 4.74 Å². The van der Waals surface area contributed by atoms with E-state index in [-0.39, 0.29) is 48.1 Å². The van der Waals surface area contributed by atoms with Crippen molar-refractivity contribution >= 4 is 132 Å². The lowest BCUT2D eigenvalue weighted by atomic mass is 8.78. The molecule has 176 valence electrons. The van der Waals surface area contributed by atoms with Gasteiger partial charge < -0.3 is 4.74 Å².